The van der Waals surface area contributed by atoms with Gasteiger partial charge in [-0.05, 0) is 67.9 Å². The molecule has 1 N–H and O–H groups in total. The monoisotopic (exact) mass is 661 g/mol. The van der Waals surface area contributed by atoms with E-state index in [0.717, 1.165) is 36.9 Å². The Bertz CT molecular complexity index is 1520. The molecule has 2 aromatic carbocycles. The fourth-order valence-corrected chi connectivity index (χ4v) is 7.60. The highest BCUT2D eigenvalue weighted by Gasteiger charge is 2.27. The van der Waals surface area contributed by atoms with Crippen molar-refractivity contribution in [3.63, 3.8) is 0 Å². The van der Waals surface area contributed by atoms with Gasteiger partial charge in [0, 0.05) is 43.4 Å². The fourth-order valence-electron chi connectivity index (χ4n) is 5.95. The maximum atomic E-state index is 12.8. The first kappa shape index (κ1) is 33.9. The van der Waals surface area contributed by atoms with E-state index in [1.165, 1.54) is 38.3 Å². The zero-order valence-electron chi connectivity index (χ0n) is 26.8. The minimum atomic E-state index is -0.798. The summed E-state index contributed by atoms with van der Waals surface area (Å²) in [7, 11) is 4.78. The lowest BCUT2D eigenvalue weighted by Crippen LogP contribution is -2.39. The third-order valence-electron chi connectivity index (χ3n) is 8.67. The number of aromatic nitrogens is 1. The number of benzene rings is 2. The zero-order chi connectivity index (χ0) is 32.5. The Balaban J connectivity index is 1.01. The van der Waals surface area contributed by atoms with Gasteiger partial charge in [0.15, 0.2) is 0 Å². The molecule has 1 fully saturated rings. The Morgan fingerprint density at radius 1 is 0.935 bits per heavy atom. The minimum absolute atomic E-state index is 0.254. The average molecular weight is 662 g/mol. The van der Waals surface area contributed by atoms with Crippen LogP contribution in [0.15, 0.2) is 72.4 Å². The topological polar surface area (TPSA) is 92.2 Å². The van der Waals surface area contributed by atoms with Crippen LogP contribution in [0.4, 0.5) is 9.59 Å². The zero-order valence-corrected chi connectivity index (χ0v) is 28.4. The van der Waals surface area contributed by atoms with Crippen molar-refractivity contribution in [3.8, 4) is 0 Å². The van der Waals surface area contributed by atoms with Crippen molar-refractivity contribution in [3.05, 3.63) is 106 Å². The van der Waals surface area contributed by atoms with Crippen molar-refractivity contribution in [2.45, 2.75) is 51.7 Å². The summed E-state index contributed by atoms with van der Waals surface area (Å²) in [6, 6.07) is 19.8. The number of carbonyl (C=O) groups is 2. The summed E-state index contributed by atoms with van der Waals surface area (Å²) < 4.78 is 11.0. The van der Waals surface area contributed by atoms with Crippen molar-refractivity contribution >= 4 is 39.3 Å². The molecule has 1 aromatic heterocycles. The molecule has 1 aliphatic heterocycles. The lowest BCUT2D eigenvalue weighted by atomic mass is 9.88. The molecule has 2 amide bonds. The van der Waals surface area contributed by atoms with E-state index in [1.54, 1.807) is 40.5 Å². The van der Waals surface area contributed by atoms with Crippen LogP contribution >= 0.6 is 21.6 Å². The number of piperidine rings is 1. The number of hydrogen-bond donors (Lipinski definition) is 1. The molecule has 0 radical (unpaired) electrons. The lowest BCUT2D eigenvalue weighted by Gasteiger charge is -2.29. The molecule has 2 aliphatic rings. The second kappa shape index (κ2) is 16.4. The van der Waals surface area contributed by atoms with Crippen LogP contribution < -0.4 is 0 Å². The Kier molecular flexibility index (Phi) is 12.1. The first-order valence-electron chi connectivity index (χ1n) is 15.9. The second-order valence-corrected chi connectivity index (χ2v) is 14.4. The number of fused-ring (bicyclic) bond motifs is 2. The van der Waals surface area contributed by atoms with E-state index in [9.17, 15) is 14.7 Å². The average Bonchev–Trinajstić information content (AvgIpc) is 3.25. The number of aliphatic hydroxyl groups is 1. The predicted octanol–water partition coefficient (Wildman–Crippen LogP) is 7.09. The van der Waals surface area contributed by atoms with E-state index in [4.69, 9.17) is 14.5 Å². The van der Waals surface area contributed by atoms with Gasteiger partial charge >= 0.3 is 12.2 Å². The third kappa shape index (κ3) is 8.46. The van der Waals surface area contributed by atoms with Crippen LogP contribution in [0.3, 0.4) is 0 Å². The van der Waals surface area contributed by atoms with Gasteiger partial charge in [0.25, 0.3) is 0 Å². The van der Waals surface area contributed by atoms with Crippen LogP contribution in [-0.2, 0) is 22.3 Å². The fraction of sp³-hybridized carbons (Fsp3) is 0.417. The van der Waals surface area contributed by atoms with Gasteiger partial charge in [-0.25, -0.2) is 9.59 Å². The Morgan fingerprint density at radius 3 is 2.37 bits per heavy atom. The smallest absolute Gasteiger partial charge is 0.409 e. The molecule has 10 heteroatoms. The summed E-state index contributed by atoms with van der Waals surface area (Å²) >= 11 is 0. The molecule has 1 saturated heterocycles. The number of likely N-dealkylation sites (tertiary alicyclic amines) is 1. The molecule has 244 valence electrons. The molecule has 1 aliphatic carbocycles. The highest BCUT2D eigenvalue weighted by atomic mass is 33.1. The Hall–Kier alpha value is -3.47. The second-order valence-electron chi connectivity index (χ2n) is 11.7. The van der Waals surface area contributed by atoms with E-state index in [1.807, 2.05) is 42.6 Å². The first-order valence-corrected chi connectivity index (χ1v) is 18.4. The summed E-state index contributed by atoms with van der Waals surface area (Å²) in [6.45, 7) is 5.77. The molecule has 46 heavy (non-hydrogen) atoms. The first-order chi connectivity index (χ1) is 22.3. The van der Waals surface area contributed by atoms with Crippen molar-refractivity contribution in [1.29, 1.82) is 0 Å². The van der Waals surface area contributed by atoms with E-state index in [2.05, 4.69) is 31.2 Å². The van der Waals surface area contributed by atoms with Crippen LogP contribution in [-0.4, -0.2) is 83.0 Å². The number of hydrogen-bond acceptors (Lipinski definition) is 8. The summed E-state index contributed by atoms with van der Waals surface area (Å²) in [5.41, 5.74) is 9.66. The highest BCUT2D eigenvalue weighted by Crippen LogP contribution is 2.38. The van der Waals surface area contributed by atoms with Crippen molar-refractivity contribution in [1.82, 2.24) is 14.8 Å². The van der Waals surface area contributed by atoms with Crippen LogP contribution in [0.5, 0.6) is 0 Å². The van der Waals surface area contributed by atoms with Crippen LogP contribution in [0.25, 0.3) is 5.57 Å². The lowest BCUT2D eigenvalue weighted by molar-refractivity contribution is 0.0533. The van der Waals surface area contributed by atoms with Gasteiger partial charge < -0.3 is 24.4 Å². The number of ether oxygens (including phenoxy) is 2. The number of carbonyl (C=O) groups excluding carboxylic acids is 2. The third-order valence-corrected chi connectivity index (χ3v) is 11.0. The molecule has 0 unspecified atom stereocenters. The van der Waals surface area contributed by atoms with E-state index >= 15 is 0 Å². The van der Waals surface area contributed by atoms with Gasteiger partial charge in [-0.3, -0.25) is 4.98 Å². The number of aliphatic hydroxyl groups excluding tert-OH is 1. The number of rotatable bonds is 10. The quantitative estimate of drug-likeness (QED) is 0.182. The van der Waals surface area contributed by atoms with Crippen molar-refractivity contribution < 1.29 is 24.2 Å². The molecule has 2 atom stereocenters. The SMILES string of the molecule is Cc1ccc2c(c1)CCc1cccnc1C2=C1CCN(C(=O)OCCSSCCOC(=O)N(C)[C@@H](C)[C@@H](O)c2ccccc2)CC1. The summed E-state index contributed by atoms with van der Waals surface area (Å²) in [6.07, 6.45) is 3.93. The van der Waals surface area contributed by atoms with E-state index < -0.39 is 18.2 Å². The molecule has 5 rings (SSSR count). The summed E-state index contributed by atoms with van der Waals surface area (Å²) in [5, 5.41) is 10.6. The largest absolute Gasteiger partial charge is 0.449 e. The number of pyridine rings is 1. The van der Waals surface area contributed by atoms with Gasteiger partial charge in [-0.15, -0.1) is 0 Å². The number of amides is 2. The highest BCUT2D eigenvalue weighted by molar-refractivity contribution is 8.76. The van der Waals surface area contributed by atoms with Gasteiger partial charge in [0.2, 0.25) is 0 Å². The normalized spacial score (nSPS) is 15.7. The van der Waals surface area contributed by atoms with Crippen LogP contribution in [0.2, 0.25) is 0 Å². The Labute approximate surface area is 280 Å². The predicted molar refractivity (Wildman–Crippen MR) is 186 cm³/mol. The van der Waals surface area contributed by atoms with Crippen LogP contribution in [0, 0.1) is 6.92 Å². The van der Waals surface area contributed by atoms with Crippen LogP contribution in [0.1, 0.15) is 59.4 Å². The molecule has 0 bridgehead atoms. The molecule has 3 aromatic rings. The molecule has 0 saturated carbocycles. The number of nitrogens with zero attached hydrogens (tertiary/aromatic N) is 3. The van der Waals surface area contributed by atoms with Gasteiger partial charge in [0.05, 0.1) is 17.8 Å². The molecular formula is C36H43N3O5S2. The van der Waals surface area contributed by atoms with E-state index in [0.29, 0.717) is 31.2 Å². The summed E-state index contributed by atoms with van der Waals surface area (Å²) in [4.78, 5) is 33.3. The van der Waals surface area contributed by atoms with E-state index in [-0.39, 0.29) is 12.7 Å². The maximum Gasteiger partial charge on any atom is 0.409 e. The Morgan fingerprint density at radius 2 is 1.63 bits per heavy atom. The minimum Gasteiger partial charge on any atom is -0.449 e. The molecule has 2 heterocycles. The van der Waals surface area contributed by atoms with Gasteiger partial charge in [-0.1, -0.05) is 87.3 Å². The van der Waals surface area contributed by atoms with Gasteiger partial charge in [-0.2, -0.15) is 0 Å². The summed E-state index contributed by atoms with van der Waals surface area (Å²) in [5.74, 6) is 1.25. The number of likely N-dealkylation sites (N-methyl/N-ethyl adjacent to an activating group) is 1. The maximum absolute atomic E-state index is 12.8. The number of aryl methyl sites for hydroxylation is 3. The standard InChI is InChI=1S/C36H43N3O5S2/c1-25-11-14-31-30(24-25)13-12-28-10-7-17-37-33(28)32(31)27-15-18-39(19-16-27)36(42)44-21-23-46-45-22-20-43-35(41)38(3)26(2)34(40)29-8-5-4-6-9-29/h4-11,14,17,24,26,34,40H,12-13,15-16,18-23H2,1-3H3/t26-,34+/m0/s1. The molecule has 0 spiro atoms. The molecular weight excluding hydrogens is 619 g/mol. The van der Waals surface area contributed by atoms with Gasteiger partial charge in [0.1, 0.15) is 13.2 Å². The molecule has 8 nitrogen and oxygen atoms in total. The van der Waals surface area contributed by atoms with Crippen molar-refractivity contribution in [2.24, 2.45) is 0 Å². The van der Waals surface area contributed by atoms with Crippen molar-refractivity contribution in [2.75, 3.05) is 44.9 Å².